The summed E-state index contributed by atoms with van der Waals surface area (Å²) in [6, 6.07) is 37.5. The van der Waals surface area contributed by atoms with Crippen LogP contribution >= 0.6 is 0 Å². The SMILES string of the molecule is O=c1nc2ccccn2c2ccc3c4ccccc4n(-c4nc(-c5ccccc5)nc(-c5ccccc5)n4)c3c12. The van der Waals surface area contributed by atoms with Crippen LogP contribution in [0.25, 0.3) is 67.1 Å². The molecule has 0 aliphatic heterocycles. The molecular weight excluding hydrogens is 496 g/mol. The highest BCUT2D eigenvalue weighted by atomic mass is 16.1. The largest absolute Gasteiger partial charge is 0.301 e. The van der Waals surface area contributed by atoms with Crippen molar-refractivity contribution >= 4 is 38.4 Å². The van der Waals surface area contributed by atoms with E-state index in [1.54, 1.807) is 0 Å². The number of pyridine rings is 1. The van der Waals surface area contributed by atoms with Crippen molar-refractivity contribution in [2.24, 2.45) is 0 Å². The summed E-state index contributed by atoms with van der Waals surface area (Å²) in [5, 5.41) is 2.45. The average molecular weight is 517 g/mol. The molecule has 0 aliphatic carbocycles. The van der Waals surface area contributed by atoms with E-state index >= 15 is 0 Å². The molecule has 0 saturated heterocycles. The van der Waals surface area contributed by atoms with Gasteiger partial charge in [-0.1, -0.05) is 91.0 Å². The first-order chi connectivity index (χ1) is 19.8. The third-order valence-corrected chi connectivity index (χ3v) is 7.23. The second kappa shape index (κ2) is 8.68. The highest BCUT2D eigenvalue weighted by molar-refractivity contribution is 6.17. The molecule has 188 valence electrons. The maximum absolute atomic E-state index is 13.7. The Hall–Kier alpha value is -5.69. The number of fused-ring (bicyclic) bond motifs is 7. The van der Waals surface area contributed by atoms with Crippen LogP contribution in [0.3, 0.4) is 0 Å². The second-order valence-electron chi connectivity index (χ2n) is 9.57. The predicted octanol–water partition coefficient (Wildman–Crippen LogP) is 6.46. The Morgan fingerprint density at radius 1 is 0.525 bits per heavy atom. The van der Waals surface area contributed by atoms with E-state index in [-0.39, 0.29) is 5.56 Å². The summed E-state index contributed by atoms with van der Waals surface area (Å²) in [5.74, 6) is 1.54. The van der Waals surface area contributed by atoms with Gasteiger partial charge < -0.3 is 4.40 Å². The van der Waals surface area contributed by atoms with Crippen molar-refractivity contribution in [2.45, 2.75) is 0 Å². The van der Waals surface area contributed by atoms with Crippen molar-refractivity contribution in [2.75, 3.05) is 0 Å². The van der Waals surface area contributed by atoms with Gasteiger partial charge in [0.25, 0.3) is 5.56 Å². The fourth-order valence-electron chi connectivity index (χ4n) is 5.45. The molecule has 4 heterocycles. The minimum atomic E-state index is -0.295. The zero-order valence-electron chi connectivity index (χ0n) is 21.1. The number of benzene rings is 4. The van der Waals surface area contributed by atoms with Crippen LogP contribution < -0.4 is 5.56 Å². The standard InChI is InChI=1S/C33H20N6O/c40-32-28-26(38-20-10-9-17-27(38)34-32)19-18-24-23-15-7-8-16-25(23)39(29(24)28)33-36-30(21-11-3-1-4-12-21)35-31(37-33)22-13-5-2-6-14-22/h1-20H. The fraction of sp³-hybridized carbons (Fsp3) is 0. The molecule has 0 N–H and O–H groups in total. The Kier molecular flexibility index (Phi) is 4.84. The van der Waals surface area contributed by atoms with E-state index in [9.17, 15) is 4.79 Å². The summed E-state index contributed by atoms with van der Waals surface area (Å²) in [5.41, 5.74) is 4.44. The smallest absolute Gasteiger partial charge is 0.283 e. The third kappa shape index (κ3) is 3.34. The van der Waals surface area contributed by atoms with Crippen LogP contribution in [0, 0.1) is 0 Å². The number of rotatable bonds is 3. The van der Waals surface area contributed by atoms with Crippen molar-refractivity contribution in [3.8, 4) is 28.7 Å². The van der Waals surface area contributed by atoms with Crippen LogP contribution in [0.15, 0.2) is 126 Å². The minimum Gasteiger partial charge on any atom is -0.301 e. The van der Waals surface area contributed by atoms with Gasteiger partial charge in [0.1, 0.15) is 5.65 Å². The molecule has 4 aromatic carbocycles. The van der Waals surface area contributed by atoms with Crippen LogP contribution in [0.4, 0.5) is 0 Å². The summed E-state index contributed by atoms with van der Waals surface area (Å²) >= 11 is 0. The first-order valence-electron chi connectivity index (χ1n) is 13.0. The molecule has 4 aromatic heterocycles. The Morgan fingerprint density at radius 3 is 1.90 bits per heavy atom. The minimum absolute atomic E-state index is 0.295. The van der Waals surface area contributed by atoms with E-state index in [1.807, 2.05) is 118 Å². The fourth-order valence-corrected chi connectivity index (χ4v) is 5.45. The zero-order valence-corrected chi connectivity index (χ0v) is 21.1. The van der Waals surface area contributed by atoms with Crippen molar-refractivity contribution in [1.29, 1.82) is 0 Å². The second-order valence-corrected chi connectivity index (χ2v) is 9.57. The molecule has 0 saturated carbocycles. The molecule has 8 aromatic rings. The molecule has 0 amide bonds. The van der Waals surface area contributed by atoms with E-state index in [0.29, 0.717) is 28.6 Å². The van der Waals surface area contributed by atoms with Gasteiger partial charge in [-0.15, -0.1) is 0 Å². The Bertz CT molecular complexity index is 2230. The Labute approximate surface area is 227 Å². The van der Waals surface area contributed by atoms with Gasteiger partial charge >= 0.3 is 0 Å². The molecule has 0 aliphatic rings. The molecule has 0 atom stereocenters. The Balaban J connectivity index is 1.55. The maximum atomic E-state index is 13.7. The number of hydrogen-bond donors (Lipinski definition) is 0. The molecule has 0 bridgehead atoms. The molecule has 0 radical (unpaired) electrons. The van der Waals surface area contributed by atoms with Crippen LogP contribution in [0.2, 0.25) is 0 Å². The average Bonchev–Trinajstić information content (AvgIpc) is 3.36. The number of hydrogen-bond acceptors (Lipinski definition) is 5. The highest BCUT2D eigenvalue weighted by Crippen LogP contribution is 2.35. The van der Waals surface area contributed by atoms with Gasteiger partial charge in [-0.2, -0.15) is 15.0 Å². The summed E-state index contributed by atoms with van der Waals surface area (Å²) in [6.07, 6.45) is 1.92. The van der Waals surface area contributed by atoms with Gasteiger partial charge in [-0.3, -0.25) is 9.36 Å². The quantitative estimate of drug-likeness (QED) is 0.252. The lowest BCUT2D eigenvalue weighted by Gasteiger charge is -2.12. The molecule has 0 unspecified atom stereocenters. The third-order valence-electron chi connectivity index (χ3n) is 7.23. The zero-order chi connectivity index (χ0) is 26.6. The molecule has 7 nitrogen and oxygen atoms in total. The first kappa shape index (κ1) is 22.3. The van der Waals surface area contributed by atoms with Gasteiger partial charge in [-0.05, 0) is 24.3 Å². The maximum Gasteiger partial charge on any atom is 0.283 e. The van der Waals surface area contributed by atoms with Gasteiger partial charge in [0.15, 0.2) is 11.6 Å². The van der Waals surface area contributed by atoms with E-state index < -0.39 is 0 Å². The molecule has 0 spiro atoms. The van der Waals surface area contributed by atoms with E-state index in [2.05, 4.69) is 17.1 Å². The van der Waals surface area contributed by atoms with Gasteiger partial charge in [0.05, 0.1) is 21.9 Å². The van der Waals surface area contributed by atoms with Gasteiger partial charge in [0, 0.05) is 28.1 Å². The Morgan fingerprint density at radius 2 is 1.18 bits per heavy atom. The van der Waals surface area contributed by atoms with Gasteiger partial charge in [0.2, 0.25) is 5.95 Å². The van der Waals surface area contributed by atoms with Crippen molar-refractivity contribution in [1.82, 2.24) is 28.9 Å². The van der Waals surface area contributed by atoms with Crippen molar-refractivity contribution < 1.29 is 0 Å². The molecular formula is C33H20N6O. The van der Waals surface area contributed by atoms with E-state index in [0.717, 1.165) is 38.4 Å². The lowest BCUT2D eigenvalue weighted by molar-refractivity contribution is 0.954. The number of para-hydroxylation sites is 1. The lowest BCUT2D eigenvalue weighted by Crippen LogP contribution is -2.13. The number of aromatic nitrogens is 6. The van der Waals surface area contributed by atoms with Crippen LogP contribution in [-0.2, 0) is 0 Å². The summed E-state index contributed by atoms with van der Waals surface area (Å²) < 4.78 is 3.92. The van der Waals surface area contributed by atoms with Crippen molar-refractivity contribution in [3.05, 3.63) is 132 Å². The molecule has 7 heteroatoms. The predicted molar refractivity (Wildman–Crippen MR) is 158 cm³/mol. The normalized spacial score (nSPS) is 11.6. The van der Waals surface area contributed by atoms with Crippen LogP contribution in [0.1, 0.15) is 0 Å². The lowest BCUT2D eigenvalue weighted by atomic mass is 10.1. The van der Waals surface area contributed by atoms with E-state index in [1.165, 1.54) is 0 Å². The van der Waals surface area contributed by atoms with Crippen LogP contribution in [0.5, 0.6) is 0 Å². The van der Waals surface area contributed by atoms with E-state index in [4.69, 9.17) is 15.0 Å². The van der Waals surface area contributed by atoms with Gasteiger partial charge in [-0.25, -0.2) is 4.98 Å². The molecule has 40 heavy (non-hydrogen) atoms. The summed E-state index contributed by atoms with van der Waals surface area (Å²) in [4.78, 5) is 32.9. The summed E-state index contributed by atoms with van der Waals surface area (Å²) in [6.45, 7) is 0. The summed E-state index contributed by atoms with van der Waals surface area (Å²) in [7, 11) is 0. The molecule has 0 fully saturated rings. The first-order valence-corrected chi connectivity index (χ1v) is 13.0. The monoisotopic (exact) mass is 516 g/mol. The highest BCUT2D eigenvalue weighted by Gasteiger charge is 2.21. The van der Waals surface area contributed by atoms with Crippen molar-refractivity contribution in [3.63, 3.8) is 0 Å². The number of nitrogens with zero attached hydrogens (tertiary/aromatic N) is 6. The topological polar surface area (TPSA) is 78.0 Å². The van der Waals surface area contributed by atoms with Crippen LogP contribution in [-0.4, -0.2) is 28.9 Å². The molecule has 8 rings (SSSR count).